The molecule has 20 heavy (non-hydrogen) atoms. The van der Waals surface area contributed by atoms with Gasteiger partial charge in [0.2, 0.25) is 5.82 Å². The van der Waals surface area contributed by atoms with E-state index in [1.165, 1.54) is 6.07 Å². The molecule has 3 rings (SSSR count). The Hall–Kier alpha value is -3.02. The van der Waals surface area contributed by atoms with Gasteiger partial charge in [0.05, 0.1) is 4.92 Å². The van der Waals surface area contributed by atoms with Crippen LogP contribution in [0.15, 0.2) is 54.7 Å². The van der Waals surface area contributed by atoms with Gasteiger partial charge >= 0.3 is 5.69 Å². The van der Waals surface area contributed by atoms with Crippen LogP contribution >= 0.6 is 0 Å². The smallest absolute Gasteiger partial charge is 0.312 e. The normalized spacial score (nSPS) is 10.4. The Balaban J connectivity index is 2.12. The third-order valence-electron chi connectivity index (χ3n) is 2.80. The van der Waals surface area contributed by atoms with Crippen LogP contribution < -0.4 is 5.32 Å². The summed E-state index contributed by atoms with van der Waals surface area (Å²) in [5.41, 5.74) is 1.13. The third-order valence-corrected chi connectivity index (χ3v) is 2.80. The van der Waals surface area contributed by atoms with E-state index in [4.69, 9.17) is 0 Å². The lowest BCUT2D eigenvalue weighted by Crippen LogP contribution is -2.00. The number of aromatic nitrogens is 2. The highest BCUT2D eigenvalue weighted by atomic mass is 16.6. The molecule has 6 nitrogen and oxygen atoms in total. The van der Waals surface area contributed by atoms with Crippen molar-refractivity contribution in [3.8, 4) is 0 Å². The Labute approximate surface area is 114 Å². The Morgan fingerprint density at radius 2 is 1.90 bits per heavy atom. The molecule has 0 saturated carbocycles. The number of hydrogen-bond acceptors (Lipinski definition) is 5. The van der Waals surface area contributed by atoms with Gasteiger partial charge in [0.25, 0.3) is 0 Å². The highest BCUT2D eigenvalue weighted by Gasteiger charge is 2.17. The Morgan fingerprint density at radius 1 is 1.10 bits per heavy atom. The van der Waals surface area contributed by atoms with Crippen molar-refractivity contribution in [1.29, 1.82) is 0 Å². The van der Waals surface area contributed by atoms with Crippen molar-refractivity contribution >= 4 is 28.2 Å². The zero-order chi connectivity index (χ0) is 13.9. The van der Waals surface area contributed by atoms with Gasteiger partial charge in [-0.05, 0) is 24.3 Å². The first-order valence-electron chi connectivity index (χ1n) is 5.96. The SMILES string of the molecule is O=[N+]([O-])c1cc2cccnc2nc1Nc1ccccc1. The Morgan fingerprint density at radius 3 is 2.65 bits per heavy atom. The van der Waals surface area contributed by atoms with Crippen LogP contribution in [0.5, 0.6) is 0 Å². The van der Waals surface area contributed by atoms with Crippen LogP contribution in [0, 0.1) is 10.1 Å². The minimum Gasteiger partial charge on any atom is -0.334 e. The molecule has 1 aromatic carbocycles. The summed E-state index contributed by atoms with van der Waals surface area (Å²) >= 11 is 0. The van der Waals surface area contributed by atoms with Gasteiger partial charge in [0.1, 0.15) is 0 Å². The van der Waals surface area contributed by atoms with E-state index in [2.05, 4.69) is 15.3 Å². The summed E-state index contributed by atoms with van der Waals surface area (Å²) in [6.45, 7) is 0. The van der Waals surface area contributed by atoms with Crippen LogP contribution in [-0.4, -0.2) is 14.9 Å². The molecular weight excluding hydrogens is 256 g/mol. The van der Waals surface area contributed by atoms with Gasteiger partial charge < -0.3 is 5.32 Å². The van der Waals surface area contributed by atoms with Crippen molar-refractivity contribution < 1.29 is 4.92 Å². The first kappa shape index (κ1) is 12.0. The molecule has 0 bridgehead atoms. The third kappa shape index (κ3) is 2.26. The van der Waals surface area contributed by atoms with Gasteiger partial charge in [0.15, 0.2) is 5.65 Å². The van der Waals surface area contributed by atoms with Gasteiger partial charge in [-0.25, -0.2) is 9.97 Å². The molecule has 0 aliphatic heterocycles. The molecule has 0 unspecified atom stereocenters. The molecule has 0 spiro atoms. The van der Waals surface area contributed by atoms with Crippen molar-refractivity contribution in [2.75, 3.05) is 5.32 Å². The maximum absolute atomic E-state index is 11.2. The van der Waals surface area contributed by atoms with E-state index in [-0.39, 0.29) is 11.5 Å². The van der Waals surface area contributed by atoms with E-state index in [0.29, 0.717) is 11.0 Å². The number of rotatable bonds is 3. The zero-order valence-corrected chi connectivity index (χ0v) is 10.4. The van der Waals surface area contributed by atoms with E-state index in [1.54, 1.807) is 18.3 Å². The van der Waals surface area contributed by atoms with Gasteiger partial charge in [-0.1, -0.05) is 18.2 Å². The minimum atomic E-state index is -0.454. The second-order valence-electron chi connectivity index (χ2n) is 4.15. The molecule has 0 aliphatic carbocycles. The van der Waals surface area contributed by atoms with Crippen molar-refractivity contribution in [1.82, 2.24) is 9.97 Å². The average molecular weight is 266 g/mol. The number of nitro groups is 1. The number of benzene rings is 1. The molecule has 2 heterocycles. The fraction of sp³-hybridized carbons (Fsp3) is 0. The van der Waals surface area contributed by atoms with E-state index < -0.39 is 4.92 Å². The van der Waals surface area contributed by atoms with E-state index in [0.717, 1.165) is 5.69 Å². The second kappa shape index (κ2) is 4.93. The lowest BCUT2D eigenvalue weighted by molar-refractivity contribution is -0.384. The van der Waals surface area contributed by atoms with Crippen molar-refractivity contribution in [3.05, 3.63) is 64.8 Å². The molecule has 0 aliphatic rings. The predicted molar refractivity (Wildman–Crippen MR) is 75.9 cm³/mol. The van der Waals surface area contributed by atoms with Gasteiger partial charge in [-0.15, -0.1) is 0 Å². The molecule has 6 heteroatoms. The summed E-state index contributed by atoms with van der Waals surface area (Å²) in [6, 6.07) is 14.1. The number of para-hydroxylation sites is 1. The van der Waals surface area contributed by atoms with E-state index in [1.807, 2.05) is 30.3 Å². The summed E-state index contributed by atoms with van der Waals surface area (Å²) in [5, 5.41) is 14.8. The number of pyridine rings is 2. The maximum Gasteiger partial charge on any atom is 0.312 e. The average Bonchev–Trinajstić information content (AvgIpc) is 2.47. The van der Waals surface area contributed by atoms with Crippen LogP contribution in [-0.2, 0) is 0 Å². The lowest BCUT2D eigenvalue weighted by Gasteiger charge is -2.07. The fourth-order valence-electron chi connectivity index (χ4n) is 1.88. The zero-order valence-electron chi connectivity index (χ0n) is 10.4. The predicted octanol–water partition coefficient (Wildman–Crippen LogP) is 3.28. The van der Waals surface area contributed by atoms with Gasteiger partial charge in [-0.3, -0.25) is 10.1 Å². The summed E-state index contributed by atoms with van der Waals surface area (Å²) < 4.78 is 0. The van der Waals surface area contributed by atoms with Crippen molar-refractivity contribution in [2.24, 2.45) is 0 Å². The topological polar surface area (TPSA) is 81.0 Å². The van der Waals surface area contributed by atoms with Crippen LogP contribution in [0.25, 0.3) is 11.0 Å². The Bertz CT molecular complexity index is 774. The Kier molecular flexibility index (Phi) is 2.96. The standard InChI is InChI=1S/C14H10N4O2/c19-18(20)12-9-10-5-4-8-15-13(10)17-14(12)16-11-6-2-1-3-7-11/h1-9H,(H,15,16,17). The largest absolute Gasteiger partial charge is 0.334 e. The maximum atomic E-state index is 11.2. The van der Waals surface area contributed by atoms with Crippen molar-refractivity contribution in [3.63, 3.8) is 0 Å². The molecule has 98 valence electrons. The number of nitrogens with zero attached hydrogens (tertiary/aromatic N) is 3. The molecule has 0 fully saturated rings. The molecular formula is C14H10N4O2. The minimum absolute atomic E-state index is 0.0747. The number of nitrogens with one attached hydrogen (secondary N) is 1. The van der Waals surface area contributed by atoms with Crippen LogP contribution in [0.4, 0.5) is 17.2 Å². The van der Waals surface area contributed by atoms with Crippen molar-refractivity contribution in [2.45, 2.75) is 0 Å². The monoisotopic (exact) mass is 266 g/mol. The summed E-state index contributed by atoms with van der Waals surface area (Å²) in [5.74, 6) is 0.187. The molecule has 3 aromatic rings. The van der Waals surface area contributed by atoms with Crippen LogP contribution in [0.3, 0.4) is 0 Å². The number of anilines is 2. The molecule has 0 saturated heterocycles. The van der Waals surface area contributed by atoms with Crippen LogP contribution in [0.2, 0.25) is 0 Å². The lowest BCUT2D eigenvalue weighted by atomic mass is 10.2. The fourth-order valence-corrected chi connectivity index (χ4v) is 1.88. The first-order valence-corrected chi connectivity index (χ1v) is 5.96. The van der Waals surface area contributed by atoms with Gasteiger partial charge in [-0.2, -0.15) is 0 Å². The highest BCUT2D eigenvalue weighted by Crippen LogP contribution is 2.28. The van der Waals surface area contributed by atoms with E-state index in [9.17, 15) is 10.1 Å². The molecule has 0 radical (unpaired) electrons. The second-order valence-corrected chi connectivity index (χ2v) is 4.15. The summed E-state index contributed by atoms with van der Waals surface area (Å²) in [6.07, 6.45) is 1.60. The first-order chi connectivity index (χ1) is 9.74. The molecule has 1 N–H and O–H groups in total. The van der Waals surface area contributed by atoms with Crippen LogP contribution in [0.1, 0.15) is 0 Å². The highest BCUT2D eigenvalue weighted by molar-refractivity contribution is 5.82. The molecule has 0 amide bonds. The van der Waals surface area contributed by atoms with E-state index >= 15 is 0 Å². The number of hydrogen-bond donors (Lipinski definition) is 1. The molecule has 2 aromatic heterocycles. The van der Waals surface area contributed by atoms with Gasteiger partial charge in [0, 0.05) is 23.3 Å². The number of fused-ring (bicyclic) bond motifs is 1. The molecule has 0 atom stereocenters. The quantitative estimate of drug-likeness (QED) is 0.581. The summed E-state index contributed by atoms with van der Waals surface area (Å²) in [7, 11) is 0. The summed E-state index contributed by atoms with van der Waals surface area (Å²) in [4.78, 5) is 19.0.